The van der Waals surface area contributed by atoms with Crippen LogP contribution in [0.15, 0.2) is 24.5 Å². The van der Waals surface area contributed by atoms with Crippen LogP contribution in [0.25, 0.3) is 21.9 Å². The molecule has 2 aliphatic rings. The van der Waals surface area contributed by atoms with Crippen LogP contribution >= 0.6 is 0 Å². The topological polar surface area (TPSA) is 121 Å². The van der Waals surface area contributed by atoms with E-state index < -0.39 is 18.3 Å². The number of ether oxygens (including phenoxy) is 3. The van der Waals surface area contributed by atoms with Crippen LogP contribution in [-0.2, 0) is 9.47 Å². The van der Waals surface area contributed by atoms with Crippen LogP contribution in [0, 0.1) is 18.7 Å². The summed E-state index contributed by atoms with van der Waals surface area (Å²) in [6.45, 7) is 4.54. The summed E-state index contributed by atoms with van der Waals surface area (Å²) >= 11 is 0. The van der Waals surface area contributed by atoms with Gasteiger partial charge >= 0.3 is 6.09 Å². The molecule has 3 aromatic rings. The minimum Gasteiger partial charge on any atom is -0.443 e. The van der Waals surface area contributed by atoms with Crippen LogP contribution in [0.2, 0.25) is 0 Å². The first kappa shape index (κ1) is 22.1. The van der Waals surface area contributed by atoms with E-state index in [1.54, 1.807) is 19.1 Å². The molecule has 2 aromatic heterocycles. The molecule has 1 aromatic carbocycles. The van der Waals surface area contributed by atoms with Crippen LogP contribution in [0.5, 0.6) is 5.88 Å². The lowest BCUT2D eigenvalue weighted by Gasteiger charge is -2.24. The summed E-state index contributed by atoms with van der Waals surface area (Å²) in [5.74, 6) is -0.185. The van der Waals surface area contributed by atoms with Crippen LogP contribution in [-0.4, -0.2) is 48.3 Å². The van der Waals surface area contributed by atoms with Gasteiger partial charge in [0.1, 0.15) is 17.6 Å². The molecular weight excluding hydrogens is 448 g/mol. The van der Waals surface area contributed by atoms with E-state index in [0.29, 0.717) is 40.8 Å². The van der Waals surface area contributed by atoms with Crippen molar-refractivity contribution in [3.63, 3.8) is 0 Å². The highest BCUT2D eigenvalue weighted by molar-refractivity contribution is 5.99. The van der Waals surface area contributed by atoms with Crippen LogP contribution in [0.1, 0.15) is 12.5 Å². The monoisotopic (exact) mass is 471 g/mol. The number of halogens is 2. The third-order valence-corrected chi connectivity index (χ3v) is 6.06. The Bertz CT molecular complexity index is 1290. The van der Waals surface area contributed by atoms with E-state index in [9.17, 15) is 9.18 Å². The molecule has 5 rings (SSSR count). The smallest absolute Gasteiger partial charge is 0.413 e. The minimum absolute atomic E-state index is 0.0378. The Hall–Kier alpha value is -3.73. The number of rotatable bonds is 3. The number of carbonyl (C=O) groups is 1. The number of nitrogens with one attached hydrogen (secondary N) is 2. The van der Waals surface area contributed by atoms with Gasteiger partial charge in [0.25, 0.3) is 6.36 Å². The third kappa shape index (κ3) is 3.92. The summed E-state index contributed by atoms with van der Waals surface area (Å²) in [4.78, 5) is 20.6. The normalized spacial score (nSPS) is 21.5. The lowest BCUT2D eigenvalue weighted by Crippen LogP contribution is -2.27. The molecule has 4 heterocycles. The molecule has 34 heavy (non-hydrogen) atoms. The number of alkyl halides is 1. The van der Waals surface area contributed by atoms with Crippen molar-refractivity contribution >= 4 is 34.1 Å². The van der Waals surface area contributed by atoms with Crippen LogP contribution in [0.3, 0.4) is 0 Å². The van der Waals surface area contributed by atoms with Gasteiger partial charge in [-0.3, -0.25) is 5.32 Å². The van der Waals surface area contributed by atoms with Gasteiger partial charge in [-0.05, 0) is 30.0 Å². The molecule has 1 fully saturated rings. The van der Waals surface area contributed by atoms with Gasteiger partial charge in [0.05, 0.1) is 25.4 Å². The molecule has 0 radical (unpaired) electrons. The van der Waals surface area contributed by atoms with E-state index in [1.807, 2.05) is 6.92 Å². The van der Waals surface area contributed by atoms with Crippen molar-refractivity contribution in [1.29, 1.82) is 0 Å². The molecular formula is C23H23F2N5O4. The minimum atomic E-state index is -1.51. The van der Waals surface area contributed by atoms with E-state index in [1.165, 1.54) is 12.4 Å². The summed E-state index contributed by atoms with van der Waals surface area (Å²) in [5.41, 5.74) is 7.81. The van der Waals surface area contributed by atoms with E-state index in [2.05, 4.69) is 20.6 Å². The first-order chi connectivity index (χ1) is 16.3. The van der Waals surface area contributed by atoms with Crippen molar-refractivity contribution in [2.45, 2.75) is 26.3 Å². The second-order valence-corrected chi connectivity index (χ2v) is 8.41. The number of fused-ring (bicyclic) bond motifs is 2. The highest BCUT2D eigenvalue weighted by atomic mass is 19.1. The number of benzene rings is 1. The zero-order valence-electron chi connectivity index (χ0n) is 18.5. The summed E-state index contributed by atoms with van der Waals surface area (Å²) in [5, 5.41) is 6.47. The average Bonchev–Trinajstić information content (AvgIpc) is 3.20. The fraction of sp³-hybridized carbons (Fsp3) is 0.348. The van der Waals surface area contributed by atoms with Crippen molar-refractivity contribution in [2.75, 3.05) is 36.1 Å². The summed E-state index contributed by atoms with van der Waals surface area (Å²) in [7, 11) is 0. The molecule has 178 valence electrons. The molecule has 3 atom stereocenters. The molecule has 1 saturated heterocycles. The molecule has 0 saturated carbocycles. The SMILES string of the molecule is Cc1c(-c2cc3cc(NC(=O)O[C@@H]4COC[C@H]4C)ncc3c(N)c2F)cnc2c1NC[C@@H](F)O2. The molecule has 1 amide bonds. The highest BCUT2D eigenvalue weighted by Crippen LogP contribution is 2.40. The number of pyridine rings is 2. The maximum atomic E-state index is 15.3. The van der Waals surface area contributed by atoms with Crippen molar-refractivity contribution in [1.82, 2.24) is 9.97 Å². The average molecular weight is 471 g/mol. The van der Waals surface area contributed by atoms with Gasteiger partial charge in [-0.2, -0.15) is 4.39 Å². The molecule has 0 unspecified atom stereocenters. The Morgan fingerprint density at radius 1 is 1.26 bits per heavy atom. The standard InChI is InChI=1S/C23H23F2N5O4/c1-10-8-32-9-16(10)33-23(31)30-18-4-12-3-13(19(25)20(26)15(12)6-27-18)14-5-29-22-21(11(14)2)28-7-17(24)34-22/h3-6,10,16-17,28H,7-9,26H2,1-2H3,(H,27,30,31)/t10-,16-,17+/m1/s1. The van der Waals surface area contributed by atoms with E-state index in [-0.39, 0.29) is 41.5 Å². The predicted octanol–water partition coefficient (Wildman–Crippen LogP) is 4.01. The van der Waals surface area contributed by atoms with Crippen molar-refractivity contribution < 1.29 is 27.8 Å². The molecule has 11 heteroatoms. The van der Waals surface area contributed by atoms with Gasteiger partial charge < -0.3 is 25.3 Å². The fourth-order valence-electron chi connectivity index (χ4n) is 4.12. The lowest BCUT2D eigenvalue weighted by molar-refractivity contribution is 0.0688. The first-order valence-electron chi connectivity index (χ1n) is 10.8. The summed E-state index contributed by atoms with van der Waals surface area (Å²) in [6, 6.07) is 3.19. The molecule has 0 bridgehead atoms. The van der Waals surface area contributed by atoms with Crippen molar-refractivity contribution in [3.8, 4) is 17.0 Å². The number of hydrogen-bond acceptors (Lipinski definition) is 8. The van der Waals surface area contributed by atoms with E-state index >= 15 is 4.39 Å². The molecule has 2 aliphatic heterocycles. The number of aromatic nitrogens is 2. The largest absolute Gasteiger partial charge is 0.443 e. The number of nitrogens with two attached hydrogens (primary N) is 1. The van der Waals surface area contributed by atoms with Gasteiger partial charge in [-0.15, -0.1) is 0 Å². The maximum absolute atomic E-state index is 15.3. The fourth-order valence-corrected chi connectivity index (χ4v) is 4.12. The van der Waals surface area contributed by atoms with Crippen molar-refractivity contribution in [2.24, 2.45) is 5.92 Å². The number of carbonyl (C=O) groups excluding carboxylic acids is 1. The third-order valence-electron chi connectivity index (χ3n) is 6.06. The molecule has 4 N–H and O–H groups in total. The summed E-state index contributed by atoms with van der Waals surface area (Å²) < 4.78 is 44.6. The predicted molar refractivity (Wildman–Crippen MR) is 122 cm³/mol. The Balaban J connectivity index is 1.48. The number of anilines is 3. The van der Waals surface area contributed by atoms with Gasteiger partial charge in [0.15, 0.2) is 5.82 Å². The number of nitrogens with zero attached hydrogens (tertiary/aromatic N) is 2. The van der Waals surface area contributed by atoms with Crippen molar-refractivity contribution in [3.05, 3.63) is 35.9 Å². The maximum Gasteiger partial charge on any atom is 0.413 e. The molecule has 0 aliphatic carbocycles. The lowest BCUT2D eigenvalue weighted by atomic mass is 9.97. The van der Waals surface area contributed by atoms with E-state index in [0.717, 1.165) is 0 Å². The highest BCUT2D eigenvalue weighted by Gasteiger charge is 2.28. The van der Waals surface area contributed by atoms with Crippen LogP contribution in [0.4, 0.5) is 30.8 Å². The zero-order chi connectivity index (χ0) is 24.0. The van der Waals surface area contributed by atoms with Gasteiger partial charge in [-0.1, -0.05) is 6.92 Å². The van der Waals surface area contributed by atoms with Crippen LogP contribution < -0.4 is 21.1 Å². The van der Waals surface area contributed by atoms with Gasteiger partial charge in [-0.25, -0.2) is 19.2 Å². The second kappa shape index (κ2) is 8.56. The Labute approximate surface area is 193 Å². The Morgan fingerprint density at radius 2 is 2.09 bits per heavy atom. The molecule has 9 nitrogen and oxygen atoms in total. The number of amides is 1. The Kier molecular flexibility index (Phi) is 5.56. The van der Waals surface area contributed by atoms with E-state index in [4.69, 9.17) is 19.9 Å². The van der Waals surface area contributed by atoms with Gasteiger partial charge in [0, 0.05) is 34.8 Å². The quantitative estimate of drug-likeness (QED) is 0.490. The summed E-state index contributed by atoms with van der Waals surface area (Å²) in [6.07, 6.45) is 0.314. The Morgan fingerprint density at radius 3 is 2.85 bits per heavy atom. The molecule has 0 spiro atoms. The number of hydrogen-bond donors (Lipinski definition) is 3. The van der Waals surface area contributed by atoms with Gasteiger partial charge in [0.2, 0.25) is 5.88 Å². The zero-order valence-corrected chi connectivity index (χ0v) is 18.5. The first-order valence-corrected chi connectivity index (χ1v) is 10.8. The second-order valence-electron chi connectivity index (χ2n) is 8.41. The number of nitrogen functional groups attached to an aromatic ring is 1.